The Morgan fingerprint density at radius 1 is 1.50 bits per heavy atom. The minimum absolute atomic E-state index is 0.0349. The molecule has 0 aromatic carbocycles. The van der Waals surface area contributed by atoms with E-state index in [2.05, 4.69) is 39.1 Å². The molecule has 0 aliphatic heterocycles. The van der Waals surface area contributed by atoms with Gasteiger partial charge in [-0.2, -0.15) is 0 Å². The molecule has 0 saturated heterocycles. The Morgan fingerprint density at radius 3 is 2.55 bits per heavy atom. The normalized spacial score (nSPS) is 14.6. The van der Waals surface area contributed by atoms with Crippen molar-refractivity contribution in [3.05, 3.63) is 20.8 Å². The molecule has 1 rings (SSSR count). The molecule has 1 aromatic rings. The molecule has 0 aliphatic rings. The van der Waals surface area contributed by atoms with Crippen LogP contribution in [0.2, 0.25) is 0 Å². The number of nitrogens with zero attached hydrogens (tertiary/aromatic N) is 1. The van der Waals surface area contributed by atoms with Gasteiger partial charge in [0, 0.05) is 26.8 Å². The second kappa shape index (κ2) is 8.12. The van der Waals surface area contributed by atoms with Crippen molar-refractivity contribution in [3.8, 4) is 0 Å². The first-order valence-electron chi connectivity index (χ1n) is 6.88. The predicted octanol–water partition coefficient (Wildman–Crippen LogP) is 2.75. The van der Waals surface area contributed by atoms with Crippen LogP contribution in [0.5, 0.6) is 0 Å². The van der Waals surface area contributed by atoms with Crippen LogP contribution < -0.4 is 11.1 Å². The summed E-state index contributed by atoms with van der Waals surface area (Å²) in [6, 6.07) is 2.27. The molecule has 2 atom stereocenters. The molecule has 0 spiro atoms. The van der Waals surface area contributed by atoms with E-state index in [1.165, 1.54) is 4.88 Å². The number of nitrogens with two attached hydrogens (primary N) is 1. The van der Waals surface area contributed by atoms with Crippen LogP contribution in [0.4, 0.5) is 0 Å². The van der Waals surface area contributed by atoms with Crippen molar-refractivity contribution in [2.75, 3.05) is 13.1 Å². The van der Waals surface area contributed by atoms with E-state index in [0.717, 1.165) is 11.0 Å². The van der Waals surface area contributed by atoms with E-state index in [0.29, 0.717) is 6.54 Å². The Balaban J connectivity index is 2.85. The fraction of sp³-hybridized carbons (Fsp3) is 0.643. The fourth-order valence-corrected chi connectivity index (χ4v) is 3.91. The first-order valence-corrected chi connectivity index (χ1v) is 8.55. The van der Waals surface area contributed by atoms with Gasteiger partial charge in [-0.25, -0.2) is 0 Å². The summed E-state index contributed by atoms with van der Waals surface area (Å²) >= 11 is 5.15. The number of carbonyl (C=O) groups is 1. The van der Waals surface area contributed by atoms with Crippen LogP contribution in [0.1, 0.15) is 38.6 Å². The standard InChI is InChI=1S/C14H24BrN3OS/c1-5-18(7-13(19)17-9(2)3)14(10(4)16)12-6-11(15)8-20-12/h6,8-10,14H,5,7,16H2,1-4H3,(H,17,19). The monoisotopic (exact) mass is 361 g/mol. The summed E-state index contributed by atoms with van der Waals surface area (Å²) < 4.78 is 1.06. The Morgan fingerprint density at radius 2 is 2.15 bits per heavy atom. The van der Waals surface area contributed by atoms with Gasteiger partial charge in [0.1, 0.15) is 0 Å². The number of nitrogens with one attached hydrogen (secondary N) is 1. The maximum Gasteiger partial charge on any atom is 0.234 e. The summed E-state index contributed by atoms with van der Waals surface area (Å²) in [5.41, 5.74) is 6.15. The highest BCUT2D eigenvalue weighted by molar-refractivity contribution is 9.10. The van der Waals surface area contributed by atoms with Gasteiger partial charge in [0.15, 0.2) is 0 Å². The molecule has 0 bridgehead atoms. The zero-order valence-corrected chi connectivity index (χ0v) is 14.9. The van der Waals surface area contributed by atoms with Crippen molar-refractivity contribution in [1.29, 1.82) is 0 Å². The molecule has 4 nitrogen and oxygen atoms in total. The maximum absolute atomic E-state index is 12.0. The first kappa shape index (κ1) is 17.6. The largest absolute Gasteiger partial charge is 0.353 e. The van der Waals surface area contributed by atoms with Crippen molar-refractivity contribution in [2.24, 2.45) is 5.73 Å². The quantitative estimate of drug-likeness (QED) is 0.784. The second-order valence-electron chi connectivity index (χ2n) is 5.26. The van der Waals surface area contributed by atoms with Gasteiger partial charge in [-0.3, -0.25) is 9.69 Å². The van der Waals surface area contributed by atoms with Crippen molar-refractivity contribution < 1.29 is 4.79 Å². The van der Waals surface area contributed by atoms with Crippen LogP contribution in [0.15, 0.2) is 15.9 Å². The van der Waals surface area contributed by atoms with Gasteiger partial charge >= 0.3 is 0 Å². The van der Waals surface area contributed by atoms with Gasteiger partial charge in [0.25, 0.3) is 0 Å². The molecule has 2 unspecified atom stereocenters. The van der Waals surface area contributed by atoms with E-state index in [9.17, 15) is 4.79 Å². The number of hydrogen-bond acceptors (Lipinski definition) is 4. The van der Waals surface area contributed by atoms with Crippen molar-refractivity contribution in [2.45, 2.75) is 45.8 Å². The molecule has 1 aromatic heterocycles. The van der Waals surface area contributed by atoms with E-state index in [1.54, 1.807) is 11.3 Å². The van der Waals surface area contributed by atoms with Gasteiger partial charge in [0.05, 0.1) is 12.6 Å². The Kier molecular flexibility index (Phi) is 7.15. The van der Waals surface area contributed by atoms with E-state index in [1.807, 2.05) is 26.2 Å². The minimum Gasteiger partial charge on any atom is -0.353 e. The van der Waals surface area contributed by atoms with E-state index >= 15 is 0 Å². The molecule has 0 radical (unpaired) electrons. The Bertz CT molecular complexity index is 434. The first-order chi connectivity index (χ1) is 9.35. The lowest BCUT2D eigenvalue weighted by molar-refractivity contribution is -0.123. The number of carbonyl (C=O) groups excluding carboxylic acids is 1. The van der Waals surface area contributed by atoms with Gasteiger partial charge < -0.3 is 11.1 Å². The van der Waals surface area contributed by atoms with Crippen LogP contribution in [-0.4, -0.2) is 36.0 Å². The Hall–Kier alpha value is -0.430. The van der Waals surface area contributed by atoms with E-state index < -0.39 is 0 Å². The van der Waals surface area contributed by atoms with Gasteiger partial charge in [-0.15, -0.1) is 11.3 Å². The zero-order chi connectivity index (χ0) is 15.3. The number of thiophene rings is 1. The van der Waals surface area contributed by atoms with Crippen molar-refractivity contribution in [1.82, 2.24) is 10.2 Å². The molecular formula is C14H24BrN3OS. The third-order valence-electron chi connectivity index (χ3n) is 2.97. The molecular weight excluding hydrogens is 338 g/mol. The van der Waals surface area contributed by atoms with Crippen LogP contribution in [0, 0.1) is 0 Å². The highest BCUT2D eigenvalue weighted by Gasteiger charge is 2.26. The van der Waals surface area contributed by atoms with Gasteiger partial charge in [-0.05, 0) is 49.3 Å². The average molecular weight is 362 g/mol. The molecule has 0 saturated carbocycles. The third kappa shape index (κ3) is 5.16. The molecule has 114 valence electrons. The molecule has 6 heteroatoms. The third-order valence-corrected chi connectivity index (χ3v) is 4.74. The molecule has 0 fully saturated rings. The topological polar surface area (TPSA) is 58.4 Å². The SMILES string of the molecule is CCN(CC(=O)NC(C)C)C(c1cc(Br)cs1)C(C)N. The number of likely N-dealkylation sites (N-methyl/N-ethyl adjacent to an activating group) is 1. The summed E-state index contributed by atoms with van der Waals surface area (Å²) in [6.07, 6.45) is 0. The smallest absolute Gasteiger partial charge is 0.234 e. The van der Waals surface area contributed by atoms with Crippen LogP contribution in [0.3, 0.4) is 0 Å². The highest BCUT2D eigenvalue weighted by atomic mass is 79.9. The van der Waals surface area contributed by atoms with Crippen LogP contribution >= 0.6 is 27.3 Å². The number of hydrogen-bond donors (Lipinski definition) is 2. The average Bonchev–Trinajstić information content (AvgIpc) is 2.73. The van der Waals surface area contributed by atoms with Gasteiger partial charge in [0.2, 0.25) is 5.91 Å². The molecule has 20 heavy (non-hydrogen) atoms. The van der Waals surface area contributed by atoms with Crippen LogP contribution in [-0.2, 0) is 4.79 Å². The lowest BCUT2D eigenvalue weighted by atomic mass is 10.1. The number of halogens is 1. The fourth-order valence-electron chi connectivity index (χ4n) is 2.21. The molecule has 0 aliphatic carbocycles. The van der Waals surface area contributed by atoms with Crippen molar-refractivity contribution >= 4 is 33.2 Å². The lowest BCUT2D eigenvalue weighted by Gasteiger charge is -2.32. The molecule has 3 N–H and O–H groups in total. The highest BCUT2D eigenvalue weighted by Crippen LogP contribution is 2.31. The number of amides is 1. The summed E-state index contributed by atoms with van der Waals surface area (Å²) in [5, 5.41) is 4.98. The van der Waals surface area contributed by atoms with E-state index in [-0.39, 0.29) is 24.0 Å². The summed E-state index contributed by atoms with van der Waals surface area (Å²) in [5.74, 6) is 0.0446. The van der Waals surface area contributed by atoms with Crippen LogP contribution in [0.25, 0.3) is 0 Å². The van der Waals surface area contributed by atoms with Crippen molar-refractivity contribution in [3.63, 3.8) is 0 Å². The number of rotatable bonds is 7. The maximum atomic E-state index is 12.0. The second-order valence-corrected chi connectivity index (χ2v) is 7.12. The lowest BCUT2D eigenvalue weighted by Crippen LogP contribution is -2.45. The predicted molar refractivity (Wildman–Crippen MR) is 88.9 cm³/mol. The molecule has 1 amide bonds. The molecule has 1 heterocycles. The van der Waals surface area contributed by atoms with Gasteiger partial charge in [-0.1, -0.05) is 6.92 Å². The Labute approximate surface area is 133 Å². The summed E-state index contributed by atoms with van der Waals surface area (Å²) in [4.78, 5) is 15.3. The summed E-state index contributed by atoms with van der Waals surface area (Å²) in [7, 11) is 0. The minimum atomic E-state index is -0.0349. The van der Waals surface area contributed by atoms with E-state index in [4.69, 9.17) is 5.73 Å². The zero-order valence-electron chi connectivity index (χ0n) is 12.5. The summed E-state index contributed by atoms with van der Waals surface area (Å²) in [6.45, 7) is 9.13.